The van der Waals surface area contributed by atoms with Gasteiger partial charge >= 0.3 is 5.97 Å². The van der Waals surface area contributed by atoms with Gasteiger partial charge in [0.25, 0.3) is 5.69 Å². The lowest BCUT2D eigenvalue weighted by Crippen LogP contribution is -2.34. The number of nitro benzene ring substituents is 1. The fourth-order valence-corrected chi connectivity index (χ4v) is 5.33. The number of nitrogens with zero attached hydrogens (tertiary/aromatic N) is 1. The minimum atomic E-state index is -0.682. The van der Waals surface area contributed by atoms with Gasteiger partial charge in [-0.15, -0.1) is 0 Å². The second-order valence-corrected chi connectivity index (χ2v) is 7.36. The van der Waals surface area contributed by atoms with Gasteiger partial charge in [-0.1, -0.05) is 48.9 Å². The molecule has 5 nitrogen and oxygen atoms in total. The molecule has 1 aliphatic heterocycles. The first-order valence-corrected chi connectivity index (χ1v) is 8.85. The Labute approximate surface area is 150 Å². The molecule has 3 aliphatic rings. The maximum Gasteiger partial charge on any atom is 0.323 e. The summed E-state index contributed by atoms with van der Waals surface area (Å²) in [7, 11) is 0. The normalized spacial score (nSPS) is 31.5. The summed E-state index contributed by atoms with van der Waals surface area (Å²) in [6.07, 6.45) is 5.15. The molecule has 2 fully saturated rings. The van der Waals surface area contributed by atoms with Crippen LogP contribution in [0.25, 0.3) is 5.76 Å². The maximum absolute atomic E-state index is 13.2. The molecule has 2 saturated carbocycles. The number of ether oxygens (including phenoxy) is 1. The van der Waals surface area contributed by atoms with Crippen LogP contribution in [0.4, 0.5) is 5.69 Å². The predicted octanol–water partition coefficient (Wildman–Crippen LogP) is 4.23. The molecule has 2 aliphatic carbocycles. The fourth-order valence-electron chi connectivity index (χ4n) is 5.33. The Hall–Kier alpha value is -2.95. The van der Waals surface area contributed by atoms with Crippen molar-refractivity contribution in [3.8, 4) is 0 Å². The topological polar surface area (TPSA) is 69.4 Å². The van der Waals surface area contributed by atoms with Gasteiger partial charge < -0.3 is 4.74 Å². The van der Waals surface area contributed by atoms with Crippen LogP contribution in [-0.4, -0.2) is 10.9 Å². The molecule has 1 spiro atoms. The van der Waals surface area contributed by atoms with Gasteiger partial charge in [-0.3, -0.25) is 14.9 Å². The van der Waals surface area contributed by atoms with E-state index in [1.165, 1.54) is 12.1 Å². The zero-order chi connectivity index (χ0) is 17.9. The van der Waals surface area contributed by atoms with E-state index in [2.05, 4.69) is 6.08 Å². The highest BCUT2D eigenvalue weighted by Gasteiger charge is 2.83. The number of fused-ring (bicyclic) bond motifs is 1. The second kappa shape index (κ2) is 5.04. The lowest BCUT2D eigenvalue weighted by Gasteiger charge is -2.29. The first-order chi connectivity index (χ1) is 12.6. The molecule has 0 N–H and O–H groups in total. The largest absolute Gasteiger partial charge is 0.426 e. The molecule has 0 unspecified atom stereocenters. The van der Waals surface area contributed by atoms with Crippen LogP contribution in [0.3, 0.4) is 0 Å². The molecular formula is C21H17NO4. The lowest BCUT2D eigenvalue weighted by molar-refractivity contribution is -0.384. The first-order valence-electron chi connectivity index (χ1n) is 8.85. The smallest absolute Gasteiger partial charge is 0.323 e. The quantitative estimate of drug-likeness (QED) is 0.473. The number of cyclic esters (lactones) is 1. The van der Waals surface area contributed by atoms with Crippen molar-refractivity contribution >= 4 is 17.4 Å². The van der Waals surface area contributed by atoms with Gasteiger partial charge in [0.15, 0.2) is 0 Å². The van der Waals surface area contributed by atoms with Crippen molar-refractivity contribution in [1.82, 2.24) is 0 Å². The van der Waals surface area contributed by atoms with Crippen LogP contribution < -0.4 is 0 Å². The van der Waals surface area contributed by atoms with Crippen molar-refractivity contribution in [2.45, 2.75) is 24.7 Å². The summed E-state index contributed by atoms with van der Waals surface area (Å²) < 4.78 is 5.78. The molecule has 2 aromatic carbocycles. The highest BCUT2D eigenvalue weighted by Crippen LogP contribution is 2.80. The lowest BCUT2D eigenvalue weighted by atomic mass is 9.80. The molecule has 2 aromatic rings. The van der Waals surface area contributed by atoms with E-state index in [0.717, 1.165) is 30.4 Å². The number of nitro groups is 1. The Morgan fingerprint density at radius 3 is 2.50 bits per heavy atom. The third-order valence-electron chi connectivity index (χ3n) is 6.38. The molecule has 0 saturated heterocycles. The Morgan fingerprint density at radius 2 is 1.81 bits per heavy atom. The van der Waals surface area contributed by atoms with Gasteiger partial charge in [-0.2, -0.15) is 0 Å². The van der Waals surface area contributed by atoms with E-state index in [9.17, 15) is 14.9 Å². The van der Waals surface area contributed by atoms with Crippen molar-refractivity contribution in [2.24, 2.45) is 11.3 Å². The summed E-state index contributed by atoms with van der Waals surface area (Å²) in [5, 5.41) is 10.9. The van der Waals surface area contributed by atoms with Crippen LogP contribution in [0.2, 0.25) is 0 Å². The summed E-state index contributed by atoms with van der Waals surface area (Å²) >= 11 is 0. The number of carbonyl (C=O) groups excluding carboxylic acids is 1. The maximum atomic E-state index is 13.2. The average Bonchev–Trinajstić information content (AvgIpc) is 3.03. The number of benzene rings is 2. The summed E-state index contributed by atoms with van der Waals surface area (Å²) in [5.74, 6) is 0.625. The van der Waals surface area contributed by atoms with Gasteiger partial charge in [-0.25, -0.2) is 0 Å². The Morgan fingerprint density at radius 1 is 1.08 bits per heavy atom. The number of rotatable bonds is 3. The van der Waals surface area contributed by atoms with E-state index in [4.69, 9.17) is 4.74 Å². The highest BCUT2D eigenvalue weighted by molar-refractivity contribution is 5.97. The number of hydrogen-bond donors (Lipinski definition) is 0. The number of carbonyl (C=O) groups is 1. The standard InChI is InChI=1S/C21H17NO4/c23-19-21(15-8-10-16(11-9-15)22(24)25)18-7-4-12-20(18,21)13-17(26-19)14-5-2-1-3-6-14/h1-3,5-6,8-11,13,18H,4,7,12H2/t18-,20-,21-/m1/s1. The SMILES string of the molecule is O=C1OC(c2ccccc2)=C[C@]23CCC[C@H]2[C@]13c1ccc([N+](=O)[O-])cc1. The molecule has 0 radical (unpaired) electrons. The average molecular weight is 347 g/mol. The molecule has 5 heteroatoms. The first kappa shape index (κ1) is 15.3. The molecule has 0 bridgehead atoms. The molecule has 26 heavy (non-hydrogen) atoms. The number of allylic oxidation sites excluding steroid dienone is 1. The second-order valence-electron chi connectivity index (χ2n) is 7.36. The zero-order valence-corrected chi connectivity index (χ0v) is 14.1. The Balaban J connectivity index is 1.62. The van der Waals surface area contributed by atoms with Crippen molar-refractivity contribution in [3.63, 3.8) is 0 Å². The zero-order valence-electron chi connectivity index (χ0n) is 14.1. The summed E-state index contributed by atoms with van der Waals surface area (Å²) in [6.45, 7) is 0. The summed E-state index contributed by atoms with van der Waals surface area (Å²) in [4.78, 5) is 23.7. The van der Waals surface area contributed by atoms with Crippen LogP contribution in [0.5, 0.6) is 0 Å². The molecule has 5 rings (SSSR count). The predicted molar refractivity (Wildman–Crippen MR) is 95.1 cm³/mol. The van der Waals surface area contributed by atoms with Crippen molar-refractivity contribution in [2.75, 3.05) is 0 Å². The third kappa shape index (κ3) is 1.72. The van der Waals surface area contributed by atoms with Crippen molar-refractivity contribution < 1.29 is 14.5 Å². The fraction of sp³-hybridized carbons (Fsp3) is 0.286. The molecular weight excluding hydrogens is 330 g/mol. The molecule has 0 aromatic heterocycles. The Kier molecular flexibility index (Phi) is 2.97. The number of esters is 1. The number of hydrogen-bond acceptors (Lipinski definition) is 4. The van der Waals surface area contributed by atoms with Gasteiger partial charge in [-0.05, 0) is 30.4 Å². The van der Waals surface area contributed by atoms with Crippen LogP contribution in [0.1, 0.15) is 30.4 Å². The molecule has 0 amide bonds. The van der Waals surface area contributed by atoms with E-state index in [1.807, 2.05) is 30.3 Å². The third-order valence-corrected chi connectivity index (χ3v) is 6.38. The van der Waals surface area contributed by atoms with E-state index in [-0.39, 0.29) is 23.0 Å². The summed E-state index contributed by atoms with van der Waals surface area (Å²) in [5.41, 5.74) is 0.878. The molecule has 1 heterocycles. The van der Waals surface area contributed by atoms with Crippen molar-refractivity contribution in [1.29, 1.82) is 0 Å². The van der Waals surface area contributed by atoms with Gasteiger partial charge in [0.1, 0.15) is 11.2 Å². The van der Waals surface area contributed by atoms with Gasteiger partial charge in [0, 0.05) is 23.1 Å². The summed E-state index contributed by atoms with van der Waals surface area (Å²) in [6, 6.07) is 16.1. The van der Waals surface area contributed by atoms with Crippen LogP contribution in [0, 0.1) is 21.4 Å². The molecule has 3 atom stereocenters. The van der Waals surface area contributed by atoms with E-state index < -0.39 is 10.3 Å². The van der Waals surface area contributed by atoms with E-state index >= 15 is 0 Å². The van der Waals surface area contributed by atoms with Crippen LogP contribution >= 0.6 is 0 Å². The molecule has 130 valence electrons. The Bertz CT molecular complexity index is 950. The highest BCUT2D eigenvalue weighted by atomic mass is 16.6. The minimum absolute atomic E-state index is 0.0368. The van der Waals surface area contributed by atoms with E-state index in [1.54, 1.807) is 12.1 Å². The van der Waals surface area contributed by atoms with Gasteiger partial charge in [0.2, 0.25) is 0 Å². The van der Waals surface area contributed by atoms with Crippen molar-refractivity contribution in [3.05, 3.63) is 81.9 Å². The van der Waals surface area contributed by atoms with Gasteiger partial charge in [0.05, 0.1) is 4.92 Å². The van der Waals surface area contributed by atoms with Crippen LogP contribution in [-0.2, 0) is 14.9 Å². The van der Waals surface area contributed by atoms with Crippen LogP contribution in [0.15, 0.2) is 60.7 Å². The minimum Gasteiger partial charge on any atom is -0.426 e. The monoisotopic (exact) mass is 347 g/mol. The number of non-ortho nitro benzene ring substituents is 1. The van der Waals surface area contributed by atoms with E-state index in [0.29, 0.717) is 5.76 Å².